The Morgan fingerprint density at radius 3 is 2.42 bits per heavy atom. The van der Waals surface area contributed by atoms with Crippen molar-refractivity contribution in [3.63, 3.8) is 0 Å². The Hall–Kier alpha value is -1.82. The molecule has 26 heavy (non-hydrogen) atoms. The van der Waals surface area contributed by atoms with Crippen molar-refractivity contribution in [3.05, 3.63) is 29.0 Å². The molecule has 0 N–H and O–H groups in total. The summed E-state index contributed by atoms with van der Waals surface area (Å²) >= 11 is 1.49. The van der Waals surface area contributed by atoms with Crippen LogP contribution < -0.4 is 4.74 Å². The minimum Gasteiger partial charge on any atom is -0.424 e. The second-order valence-electron chi connectivity index (χ2n) is 6.46. The largest absolute Gasteiger partial charge is 0.424 e. The van der Waals surface area contributed by atoms with Crippen LogP contribution in [-0.2, 0) is 11.2 Å². The van der Waals surface area contributed by atoms with Gasteiger partial charge in [-0.1, -0.05) is 63.2 Å². The van der Waals surface area contributed by atoms with Gasteiger partial charge in [-0.25, -0.2) is 4.39 Å². The summed E-state index contributed by atoms with van der Waals surface area (Å²) in [7, 11) is 0. The number of hydrogen-bond acceptors (Lipinski definition) is 5. The third-order valence-corrected chi connectivity index (χ3v) is 5.18. The highest BCUT2D eigenvalue weighted by molar-refractivity contribution is 7.14. The molecule has 0 saturated carbocycles. The van der Waals surface area contributed by atoms with Crippen LogP contribution in [-0.4, -0.2) is 16.2 Å². The summed E-state index contributed by atoms with van der Waals surface area (Å²) in [5, 5.41) is 10.0. The number of aryl methyl sites for hydroxylation is 1. The molecule has 1 heterocycles. The lowest BCUT2D eigenvalue weighted by molar-refractivity contribution is -0.132. The molecule has 4 nitrogen and oxygen atoms in total. The lowest BCUT2D eigenvalue weighted by Crippen LogP contribution is -2.03. The summed E-state index contributed by atoms with van der Waals surface area (Å²) < 4.78 is 18.8. The van der Waals surface area contributed by atoms with E-state index in [0.29, 0.717) is 10.6 Å². The van der Waals surface area contributed by atoms with Gasteiger partial charge < -0.3 is 4.74 Å². The van der Waals surface area contributed by atoms with Gasteiger partial charge in [0.25, 0.3) is 0 Å². The van der Waals surface area contributed by atoms with Gasteiger partial charge in [0.2, 0.25) is 0 Å². The minimum absolute atomic E-state index is 0.0649. The van der Waals surface area contributed by atoms with Crippen LogP contribution in [0.15, 0.2) is 18.2 Å². The molecule has 6 heteroatoms. The number of ether oxygens (including phenoxy) is 1. The van der Waals surface area contributed by atoms with Gasteiger partial charge >= 0.3 is 5.97 Å². The molecule has 0 fully saturated rings. The molecule has 0 atom stereocenters. The van der Waals surface area contributed by atoms with Crippen molar-refractivity contribution in [2.24, 2.45) is 0 Å². The van der Waals surface area contributed by atoms with Crippen LogP contribution in [0.4, 0.5) is 4.39 Å². The quantitative estimate of drug-likeness (QED) is 0.275. The number of hydrogen-bond donors (Lipinski definition) is 0. The molecule has 0 bridgehead atoms. The van der Waals surface area contributed by atoms with E-state index >= 15 is 0 Å². The zero-order chi connectivity index (χ0) is 18.8. The lowest BCUT2D eigenvalue weighted by atomic mass is 10.1. The van der Waals surface area contributed by atoms with E-state index in [1.165, 1.54) is 75.3 Å². The van der Waals surface area contributed by atoms with Crippen molar-refractivity contribution < 1.29 is 13.9 Å². The number of halogens is 1. The molecule has 142 valence electrons. The SMILES string of the molecule is CCCCCCCCCCc1nnc(-c2ccc(OC(C)=O)c(F)c2)s1. The van der Waals surface area contributed by atoms with Gasteiger partial charge in [0.1, 0.15) is 10.0 Å². The molecule has 0 aliphatic rings. The average molecular weight is 379 g/mol. The van der Waals surface area contributed by atoms with E-state index in [-0.39, 0.29) is 5.75 Å². The molecular formula is C20H27FN2O2S. The number of carbonyl (C=O) groups is 1. The molecule has 1 aromatic heterocycles. The van der Waals surface area contributed by atoms with Gasteiger partial charge in [0, 0.05) is 18.9 Å². The Bertz CT molecular complexity index is 703. The van der Waals surface area contributed by atoms with E-state index in [9.17, 15) is 9.18 Å². The number of rotatable bonds is 11. The van der Waals surface area contributed by atoms with Crippen molar-refractivity contribution >= 4 is 17.3 Å². The summed E-state index contributed by atoms with van der Waals surface area (Å²) in [5.41, 5.74) is 0.651. The second-order valence-corrected chi connectivity index (χ2v) is 7.53. The first-order chi connectivity index (χ1) is 12.6. The normalized spacial score (nSPS) is 10.9. The van der Waals surface area contributed by atoms with Crippen LogP contribution >= 0.6 is 11.3 Å². The van der Waals surface area contributed by atoms with Crippen molar-refractivity contribution in [3.8, 4) is 16.3 Å². The van der Waals surface area contributed by atoms with Crippen LogP contribution in [0, 0.1) is 5.82 Å². The van der Waals surface area contributed by atoms with E-state index in [0.717, 1.165) is 17.8 Å². The topological polar surface area (TPSA) is 52.1 Å². The van der Waals surface area contributed by atoms with Gasteiger partial charge in [-0.15, -0.1) is 10.2 Å². The monoisotopic (exact) mass is 378 g/mol. The average Bonchev–Trinajstić information content (AvgIpc) is 3.07. The number of unbranched alkanes of at least 4 members (excludes halogenated alkanes) is 7. The maximum absolute atomic E-state index is 14.0. The summed E-state index contributed by atoms with van der Waals surface area (Å²) in [6, 6.07) is 4.48. The second kappa shape index (κ2) is 11.0. The van der Waals surface area contributed by atoms with Crippen molar-refractivity contribution in [2.45, 2.75) is 71.6 Å². The minimum atomic E-state index is -0.572. The number of nitrogens with zero attached hydrogens (tertiary/aromatic N) is 2. The summed E-state index contributed by atoms with van der Waals surface area (Å²) in [6.45, 7) is 3.48. The first kappa shape index (κ1) is 20.5. The number of aromatic nitrogens is 2. The van der Waals surface area contributed by atoms with Crippen molar-refractivity contribution in [1.29, 1.82) is 0 Å². The zero-order valence-corrected chi connectivity index (χ0v) is 16.4. The van der Waals surface area contributed by atoms with E-state index < -0.39 is 11.8 Å². The maximum Gasteiger partial charge on any atom is 0.308 e. The Morgan fingerprint density at radius 1 is 1.08 bits per heavy atom. The van der Waals surface area contributed by atoms with Crippen molar-refractivity contribution in [1.82, 2.24) is 10.2 Å². The molecule has 0 radical (unpaired) electrons. The predicted molar refractivity (Wildman–Crippen MR) is 103 cm³/mol. The predicted octanol–water partition coefficient (Wildman–Crippen LogP) is 5.95. The van der Waals surface area contributed by atoms with Crippen LogP contribution in [0.2, 0.25) is 0 Å². The van der Waals surface area contributed by atoms with Gasteiger partial charge in [-0.2, -0.15) is 0 Å². The molecule has 0 amide bonds. The van der Waals surface area contributed by atoms with Crippen LogP contribution in [0.3, 0.4) is 0 Å². The van der Waals surface area contributed by atoms with Crippen LogP contribution in [0.1, 0.15) is 70.2 Å². The zero-order valence-electron chi connectivity index (χ0n) is 15.6. The number of esters is 1. The summed E-state index contributed by atoms with van der Waals surface area (Å²) in [5.74, 6) is -1.18. The summed E-state index contributed by atoms with van der Waals surface area (Å²) in [4.78, 5) is 10.9. The lowest BCUT2D eigenvalue weighted by Gasteiger charge is -2.03. The molecule has 1 aromatic carbocycles. The van der Waals surface area contributed by atoms with E-state index in [2.05, 4.69) is 17.1 Å². The Labute approximate surface area is 158 Å². The Balaban J connectivity index is 1.78. The molecule has 0 aliphatic carbocycles. The van der Waals surface area contributed by atoms with Gasteiger partial charge in [0.05, 0.1) is 0 Å². The van der Waals surface area contributed by atoms with Gasteiger partial charge in [0.15, 0.2) is 11.6 Å². The van der Waals surface area contributed by atoms with Gasteiger partial charge in [-0.05, 0) is 24.6 Å². The Morgan fingerprint density at radius 2 is 1.77 bits per heavy atom. The fourth-order valence-corrected chi connectivity index (χ4v) is 3.63. The number of benzene rings is 1. The maximum atomic E-state index is 14.0. The molecular weight excluding hydrogens is 351 g/mol. The highest BCUT2D eigenvalue weighted by Crippen LogP contribution is 2.28. The Kier molecular flexibility index (Phi) is 8.68. The molecule has 0 unspecified atom stereocenters. The smallest absolute Gasteiger partial charge is 0.308 e. The third kappa shape index (κ3) is 6.83. The number of carbonyl (C=O) groups excluding carboxylic acids is 1. The van der Waals surface area contributed by atoms with E-state index in [4.69, 9.17) is 4.74 Å². The van der Waals surface area contributed by atoms with Gasteiger partial charge in [-0.3, -0.25) is 4.79 Å². The highest BCUT2D eigenvalue weighted by atomic mass is 32.1. The molecule has 0 spiro atoms. The van der Waals surface area contributed by atoms with E-state index in [1.807, 2.05) is 0 Å². The van der Waals surface area contributed by atoms with Crippen LogP contribution in [0.25, 0.3) is 10.6 Å². The van der Waals surface area contributed by atoms with E-state index in [1.54, 1.807) is 6.07 Å². The third-order valence-electron chi connectivity index (χ3n) is 4.14. The molecule has 2 rings (SSSR count). The molecule has 0 aliphatic heterocycles. The highest BCUT2D eigenvalue weighted by Gasteiger charge is 2.11. The molecule has 0 saturated heterocycles. The van der Waals surface area contributed by atoms with Crippen LogP contribution in [0.5, 0.6) is 5.75 Å². The fraction of sp³-hybridized carbons (Fsp3) is 0.550. The fourth-order valence-electron chi connectivity index (χ4n) is 2.75. The first-order valence-corrected chi connectivity index (χ1v) is 10.2. The van der Waals surface area contributed by atoms with Crippen molar-refractivity contribution in [2.75, 3.05) is 0 Å². The first-order valence-electron chi connectivity index (χ1n) is 9.41. The summed E-state index contributed by atoms with van der Waals surface area (Å²) in [6.07, 6.45) is 11.2. The molecule has 2 aromatic rings. The standard InChI is InChI=1S/C20H27FN2O2S/c1-3-4-5-6-7-8-9-10-11-19-22-23-20(26-19)16-12-13-18(17(21)14-16)25-15(2)24/h12-14H,3-11H2,1-2H3.